The molecule has 1 N–H and O–H groups in total. The number of ether oxygens (including phenoxy) is 2. The summed E-state index contributed by atoms with van der Waals surface area (Å²) in [7, 11) is 0. The van der Waals surface area contributed by atoms with Gasteiger partial charge in [-0.1, -0.05) is 42.0 Å². The molecule has 7 heteroatoms. The molecule has 0 atom stereocenters. The smallest absolute Gasteiger partial charge is 0.457 e. The Hall–Kier alpha value is -3.74. The van der Waals surface area contributed by atoms with Gasteiger partial charge in [-0.2, -0.15) is 0 Å². The van der Waals surface area contributed by atoms with Crippen LogP contribution >= 0.6 is 0 Å². The van der Waals surface area contributed by atoms with Crippen molar-refractivity contribution in [3.63, 3.8) is 0 Å². The van der Waals surface area contributed by atoms with Gasteiger partial charge in [0, 0.05) is 6.20 Å². The zero-order valence-corrected chi connectivity index (χ0v) is 17.8. The average molecular weight is 450 g/mol. The van der Waals surface area contributed by atoms with Crippen molar-refractivity contribution >= 4 is 16.6 Å². The first kappa shape index (κ1) is 21.1. The fraction of sp³-hybridized carbons (Fsp3) is 0.192. The summed E-state index contributed by atoms with van der Waals surface area (Å²) in [4.78, 5) is 4.60. The summed E-state index contributed by atoms with van der Waals surface area (Å²) in [5, 5.41) is 5.39. The van der Waals surface area contributed by atoms with Crippen LogP contribution in [0.5, 0.6) is 17.2 Å². The molecule has 0 saturated heterocycles. The first-order chi connectivity index (χ1) is 15.8. The topological polar surface area (TPSA) is 43.4 Å². The monoisotopic (exact) mass is 450 g/mol. The van der Waals surface area contributed by atoms with Crippen molar-refractivity contribution in [2.45, 2.75) is 31.7 Å². The molecule has 1 aliphatic rings. The second-order valence-electron chi connectivity index (χ2n) is 8.21. The minimum atomic E-state index is -4.74. The van der Waals surface area contributed by atoms with E-state index in [4.69, 9.17) is 4.74 Å². The van der Waals surface area contributed by atoms with Crippen LogP contribution in [-0.2, 0) is 5.54 Å². The second-order valence-corrected chi connectivity index (χ2v) is 8.21. The van der Waals surface area contributed by atoms with Crippen molar-refractivity contribution < 1.29 is 22.6 Å². The number of aromatic nitrogens is 1. The molecule has 1 aliphatic carbocycles. The van der Waals surface area contributed by atoms with Gasteiger partial charge in [0.25, 0.3) is 0 Å². The standard InChI is InChI=1S/C26H21F3N2O2/c1-17-5-7-19(8-6-17)25(14-15-25)31-24-23-18(13-16-30-24)3-2-4-22(23)32-20-9-11-21(12-10-20)33-26(27,28)29/h2-13,16H,14-15H2,1H3,(H,30,31). The summed E-state index contributed by atoms with van der Waals surface area (Å²) >= 11 is 0. The highest BCUT2D eigenvalue weighted by atomic mass is 19.4. The third-order valence-corrected chi connectivity index (χ3v) is 5.75. The molecule has 4 aromatic rings. The number of nitrogens with one attached hydrogen (secondary N) is 1. The summed E-state index contributed by atoms with van der Waals surface area (Å²) < 4.78 is 47.3. The number of fused-ring (bicyclic) bond motifs is 1. The number of rotatable bonds is 6. The molecule has 168 valence electrons. The van der Waals surface area contributed by atoms with Gasteiger partial charge in [0.05, 0.1) is 10.9 Å². The lowest BCUT2D eigenvalue weighted by atomic mass is 10.0. The Kier molecular flexibility index (Phi) is 5.12. The largest absolute Gasteiger partial charge is 0.573 e. The van der Waals surface area contributed by atoms with Gasteiger partial charge in [0.2, 0.25) is 0 Å². The molecule has 0 amide bonds. The van der Waals surface area contributed by atoms with Gasteiger partial charge in [-0.05, 0) is 67.1 Å². The van der Waals surface area contributed by atoms with Crippen LogP contribution in [0.15, 0.2) is 79.0 Å². The molecule has 1 fully saturated rings. The molecule has 3 aromatic carbocycles. The van der Waals surface area contributed by atoms with Crippen molar-refractivity contribution in [2.24, 2.45) is 0 Å². The Balaban J connectivity index is 1.45. The number of benzene rings is 3. The maximum absolute atomic E-state index is 12.4. The highest BCUT2D eigenvalue weighted by molar-refractivity contribution is 5.97. The predicted octanol–water partition coefficient (Wildman–Crippen LogP) is 7.34. The van der Waals surface area contributed by atoms with Crippen molar-refractivity contribution in [1.82, 2.24) is 4.98 Å². The van der Waals surface area contributed by atoms with E-state index in [1.807, 2.05) is 24.3 Å². The average Bonchev–Trinajstić information content (AvgIpc) is 3.55. The molecule has 33 heavy (non-hydrogen) atoms. The van der Waals surface area contributed by atoms with Crippen LogP contribution in [0.4, 0.5) is 19.0 Å². The zero-order chi connectivity index (χ0) is 23.1. The number of aryl methyl sites for hydroxylation is 1. The van der Waals surface area contributed by atoms with E-state index in [2.05, 4.69) is 46.2 Å². The fourth-order valence-corrected chi connectivity index (χ4v) is 3.92. The van der Waals surface area contributed by atoms with Crippen LogP contribution in [0.3, 0.4) is 0 Å². The molecule has 0 unspecified atom stereocenters. The highest BCUT2D eigenvalue weighted by Crippen LogP contribution is 2.49. The lowest BCUT2D eigenvalue weighted by Crippen LogP contribution is -2.19. The van der Waals surface area contributed by atoms with E-state index in [1.54, 1.807) is 6.20 Å². The Labute approximate surface area is 189 Å². The number of halogens is 3. The van der Waals surface area contributed by atoms with Crippen LogP contribution in [-0.4, -0.2) is 11.3 Å². The van der Waals surface area contributed by atoms with E-state index in [0.717, 1.165) is 23.6 Å². The highest BCUT2D eigenvalue weighted by Gasteiger charge is 2.45. The van der Waals surface area contributed by atoms with Crippen LogP contribution in [0.1, 0.15) is 24.0 Å². The van der Waals surface area contributed by atoms with Crippen LogP contribution < -0.4 is 14.8 Å². The summed E-state index contributed by atoms with van der Waals surface area (Å²) in [5.41, 5.74) is 2.25. The van der Waals surface area contributed by atoms with E-state index in [0.29, 0.717) is 17.3 Å². The Morgan fingerprint density at radius 1 is 0.879 bits per heavy atom. The van der Waals surface area contributed by atoms with Crippen molar-refractivity contribution in [3.05, 3.63) is 90.1 Å². The summed E-state index contributed by atoms with van der Waals surface area (Å²) in [5.74, 6) is 1.36. The predicted molar refractivity (Wildman–Crippen MR) is 121 cm³/mol. The third-order valence-electron chi connectivity index (χ3n) is 5.75. The molecular formula is C26H21F3N2O2. The Bertz CT molecular complexity index is 1280. The van der Waals surface area contributed by atoms with Gasteiger partial charge in [-0.25, -0.2) is 4.98 Å². The van der Waals surface area contributed by atoms with Gasteiger partial charge < -0.3 is 14.8 Å². The number of alkyl halides is 3. The van der Waals surface area contributed by atoms with Gasteiger partial charge in [0.15, 0.2) is 0 Å². The van der Waals surface area contributed by atoms with Gasteiger partial charge in [0.1, 0.15) is 23.1 Å². The first-order valence-corrected chi connectivity index (χ1v) is 10.6. The first-order valence-electron chi connectivity index (χ1n) is 10.6. The number of hydrogen-bond acceptors (Lipinski definition) is 4. The molecule has 0 radical (unpaired) electrons. The third kappa shape index (κ3) is 4.58. The lowest BCUT2D eigenvalue weighted by molar-refractivity contribution is -0.274. The van der Waals surface area contributed by atoms with E-state index in [-0.39, 0.29) is 11.3 Å². The number of anilines is 1. The van der Waals surface area contributed by atoms with Crippen molar-refractivity contribution in [2.75, 3.05) is 5.32 Å². The quantitative estimate of drug-likeness (QED) is 0.334. The second kappa shape index (κ2) is 7.99. The summed E-state index contributed by atoms with van der Waals surface area (Å²) in [6, 6.07) is 21.4. The maximum atomic E-state index is 12.4. The van der Waals surface area contributed by atoms with E-state index in [9.17, 15) is 13.2 Å². The molecule has 0 spiro atoms. The molecule has 0 bridgehead atoms. The number of nitrogens with zero attached hydrogens (tertiary/aromatic N) is 1. The molecule has 1 heterocycles. The Morgan fingerprint density at radius 2 is 1.58 bits per heavy atom. The minimum absolute atomic E-state index is 0.168. The summed E-state index contributed by atoms with van der Waals surface area (Å²) in [6.45, 7) is 2.06. The van der Waals surface area contributed by atoms with E-state index < -0.39 is 6.36 Å². The molecule has 0 aliphatic heterocycles. The van der Waals surface area contributed by atoms with Crippen molar-refractivity contribution in [3.8, 4) is 17.2 Å². The van der Waals surface area contributed by atoms with Crippen molar-refractivity contribution in [1.29, 1.82) is 0 Å². The van der Waals surface area contributed by atoms with Crippen LogP contribution in [0.2, 0.25) is 0 Å². The molecule has 5 rings (SSSR count). The number of pyridine rings is 1. The van der Waals surface area contributed by atoms with E-state index in [1.165, 1.54) is 35.4 Å². The van der Waals surface area contributed by atoms with Crippen LogP contribution in [0, 0.1) is 6.92 Å². The van der Waals surface area contributed by atoms with Gasteiger partial charge >= 0.3 is 6.36 Å². The van der Waals surface area contributed by atoms with E-state index >= 15 is 0 Å². The fourth-order valence-electron chi connectivity index (χ4n) is 3.92. The molecule has 4 nitrogen and oxygen atoms in total. The molecule has 1 aromatic heterocycles. The number of hydrogen-bond donors (Lipinski definition) is 1. The van der Waals surface area contributed by atoms with Gasteiger partial charge in [-0.3, -0.25) is 0 Å². The lowest BCUT2D eigenvalue weighted by Gasteiger charge is -2.21. The Morgan fingerprint density at radius 3 is 2.24 bits per heavy atom. The minimum Gasteiger partial charge on any atom is -0.457 e. The molecule has 1 saturated carbocycles. The van der Waals surface area contributed by atoms with Gasteiger partial charge in [-0.15, -0.1) is 13.2 Å². The maximum Gasteiger partial charge on any atom is 0.573 e. The normalized spacial score (nSPS) is 14.7. The van der Waals surface area contributed by atoms with Crippen LogP contribution in [0.25, 0.3) is 10.8 Å². The SMILES string of the molecule is Cc1ccc(C2(Nc3nccc4cccc(Oc5ccc(OC(F)(F)F)cc5)c34)CC2)cc1. The zero-order valence-electron chi connectivity index (χ0n) is 17.8. The molecular weight excluding hydrogens is 429 g/mol. The summed E-state index contributed by atoms with van der Waals surface area (Å²) in [6.07, 6.45) is -0.987.